The number of hydrogen-bond acceptors (Lipinski definition) is 5. The molecule has 0 spiro atoms. The van der Waals surface area contributed by atoms with Crippen LogP contribution >= 0.6 is 0 Å². The third kappa shape index (κ3) is 4.26. The smallest absolute Gasteiger partial charge is 0.336 e. The number of nitrogens with one attached hydrogen (secondary N) is 1. The van der Waals surface area contributed by atoms with Gasteiger partial charge in [0.15, 0.2) is 0 Å². The Labute approximate surface area is 119 Å². The first-order chi connectivity index (χ1) is 9.73. The molecule has 5 N–H and O–H groups in total. The Balaban J connectivity index is 3.08. The molecule has 0 saturated heterocycles. The predicted molar refractivity (Wildman–Crippen MR) is 70.0 cm³/mol. The van der Waals surface area contributed by atoms with Crippen molar-refractivity contribution < 1.29 is 34.8 Å². The number of carboxylic acids is 2. The average molecular weight is 297 g/mol. The van der Waals surface area contributed by atoms with E-state index in [4.69, 9.17) is 10.2 Å². The lowest BCUT2D eigenvalue weighted by molar-refractivity contribution is -0.119. The number of carbonyl (C=O) groups excluding carboxylic acids is 1. The van der Waals surface area contributed by atoms with Gasteiger partial charge < -0.3 is 25.7 Å². The second-order valence-electron chi connectivity index (χ2n) is 4.36. The van der Waals surface area contributed by atoms with Gasteiger partial charge in [-0.1, -0.05) is 6.07 Å². The highest BCUT2D eigenvalue weighted by molar-refractivity contribution is 5.95. The highest BCUT2D eigenvalue weighted by atomic mass is 16.4. The lowest BCUT2D eigenvalue weighted by Gasteiger charge is -2.20. The van der Waals surface area contributed by atoms with Crippen LogP contribution in [0.4, 0.5) is 0 Å². The molecule has 0 heterocycles. The normalized spacial score (nSPS) is 13.3. The van der Waals surface area contributed by atoms with Crippen LogP contribution in [0.1, 0.15) is 39.3 Å². The van der Waals surface area contributed by atoms with Crippen molar-refractivity contribution in [2.75, 3.05) is 6.54 Å². The van der Waals surface area contributed by atoms with Gasteiger partial charge in [0.2, 0.25) is 5.91 Å². The zero-order valence-electron chi connectivity index (χ0n) is 11.1. The van der Waals surface area contributed by atoms with E-state index in [-0.39, 0.29) is 17.7 Å². The molecule has 1 aromatic rings. The summed E-state index contributed by atoms with van der Waals surface area (Å²) in [5, 5.41) is 39.9. The van der Waals surface area contributed by atoms with Crippen molar-refractivity contribution in [3.05, 3.63) is 34.9 Å². The van der Waals surface area contributed by atoms with E-state index in [1.165, 1.54) is 6.92 Å². The first kappa shape index (κ1) is 16.6. The standard InChI is InChI=1S/C13H15NO7/c1-6(15)14-5-10(16)11(17)8-3-2-7(12(18)19)4-9(8)13(20)21/h2-4,10-11,16-17H,5H2,1H3,(H,14,15)(H,18,19)(H,20,21). The van der Waals surface area contributed by atoms with Crippen LogP contribution in [-0.4, -0.2) is 50.9 Å². The molecule has 114 valence electrons. The Kier molecular flexibility index (Phi) is 5.39. The molecular formula is C13H15NO7. The molecule has 8 heteroatoms. The van der Waals surface area contributed by atoms with Gasteiger partial charge in [-0.05, 0) is 17.7 Å². The van der Waals surface area contributed by atoms with Gasteiger partial charge in [0, 0.05) is 13.5 Å². The van der Waals surface area contributed by atoms with E-state index in [2.05, 4.69) is 5.32 Å². The van der Waals surface area contributed by atoms with Gasteiger partial charge in [0.25, 0.3) is 0 Å². The molecule has 1 amide bonds. The molecule has 0 fully saturated rings. The Hall–Kier alpha value is -2.45. The number of carbonyl (C=O) groups is 3. The van der Waals surface area contributed by atoms with Gasteiger partial charge >= 0.3 is 11.9 Å². The van der Waals surface area contributed by atoms with Crippen LogP contribution in [0.3, 0.4) is 0 Å². The molecular weight excluding hydrogens is 282 g/mol. The Morgan fingerprint density at radius 1 is 1.14 bits per heavy atom. The monoisotopic (exact) mass is 297 g/mol. The number of aromatic carboxylic acids is 2. The van der Waals surface area contributed by atoms with Gasteiger partial charge in [-0.2, -0.15) is 0 Å². The number of hydrogen-bond donors (Lipinski definition) is 5. The number of aliphatic hydroxyl groups excluding tert-OH is 2. The van der Waals surface area contributed by atoms with E-state index in [0.717, 1.165) is 18.2 Å². The summed E-state index contributed by atoms with van der Waals surface area (Å²) in [6, 6.07) is 3.14. The van der Waals surface area contributed by atoms with E-state index in [9.17, 15) is 24.6 Å². The van der Waals surface area contributed by atoms with Crippen LogP contribution in [-0.2, 0) is 4.79 Å². The summed E-state index contributed by atoms with van der Waals surface area (Å²) in [6.07, 6.45) is -3.01. The molecule has 0 aliphatic rings. The molecule has 0 aromatic heterocycles. The molecule has 2 atom stereocenters. The maximum absolute atomic E-state index is 11.1. The predicted octanol–water partition coefficient (Wildman–Crippen LogP) is -0.387. The average Bonchev–Trinajstić information content (AvgIpc) is 2.42. The number of rotatable bonds is 6. The highest BCUT2D eigenvalue weighted by Crippen LogP contribution is 2.23. The summed E-state index contributed by atoms with van der Waals surface area (Å²) < 4.78 is 0. The Bertz CT molecular complexity index is 570. The second-order valence-corrected chi connectivity index (χ2v) is 4.36. The number of benzene rings is 1. The van der Waals surface area contributed by atoms with Crippen molar-refractivity contribution in [3.8, 4) is 0 Å². The van der Waals surface area contributed by atoms with Crippen molar-refractivity contribution in [2.24, 2.45) is 0 Å². The number of carboxylic acid groups (broad SMARTS) is 2. The molecule has 8 nitrogen and oxygen atoms in total. The maximum Gasteiger partial charge on any atom is 0.336 e. The van der Waals surface area contributed by atoms with E-state index in [1.807, 2.05) is 0 Å². The third-order valence-corrected chi connectivity index (χ3v) is 2.77. The molecule has 0 bridgehead atoms. The lowest BCUT2D eigenvalue weighted by atomic mass is 9.96. The van der Waals surface area contributed by atoms with Crippen LogP contribution in [0.2, 0.25) is 0 Å². The summed E-state index contributed by atoms with van der Waals surface area (Å²) in [4.78, 5) is 32.7. The molecule has 2 unspecified atom stereocenters. The highest BCUT2D eigenvalue weighted by Gasteiger charge is 2.24. The minimum Gasteiger partial charge on any atom is -0.478 e. The quantitative estimate of drug-likeness (QED) is 0.481. The van der Waals surface area contributed by atoms with Gasteiger partial charge in [0.05, 0.1) is 11.1 Å². The topological polar surface area (TPSA) is 144 Å². The van der Waals surface area contributed by atoms with Crippen LogP contribution in [0.5, 0.6) is 0 Å². The summed E-state index contributed by atoms with van der Waals surface area (Å²) in [5.41, 5.74) is -0.811. The molecule has 0 aliphatic carbocycles. The summed E-state index contributed by atoms with van der Waals surface area (Å²) in [7, 11) is 0. The first-order valence-electron chi connectivity index (χ1n) is 5.95. The minimum atomic E-state index is -1.58. The second kappa shape index (κ2) is 6.82. The summed E-state index contributed by atoms with van der Waals surface area (Å²) in [6.45, 7) is 0.958. The van der Waals surface area contributed by atoms with Gasteiger partial charge in [0.1, 0.15) is 12.2 Å². The molecule has 0 radical (unpaired) electrons. The van der Waals surface area contributed by atoms with E-state index in [0.29, 0.717) is 0 Å². The van der Waals surface area contributed by atoms with Crippen LogP contribution < -0.4 is 5.32 Å². The van der Waals surface area contributed by atoms with Gasteiger partial charge in [-0.15, -0.1) is 0 Å². The third-order valence-electron chi connectivity index (χ3n) is 2.77. The SMILES string of the molecule is CC(=O)NCC(O)C(O)c1ccc(C(=O)O)cc1C(=O)O. The fraction of sp³-hybridized carbons (Fsp3) is 0.308. The molecule has 21 heavy (non-hydrogen) atoms. The van der Waals surface area contributed by atoms with E-state index < -0.39 is 35.6 Å². The molecule has 0 saturated carbocycles. The van der Waals surface area contributed by atoms with Crippen molar-refractivity contribution in [2.45, 2.75) is 19.1 Å². The first-order valence-corrected chi connectivity index (χ1v) is 5.95. The Morgan fingerprint density at radius 3 is 2.24 bits per heavy atom. The lowest BCUT2D eigenvalue weighted by Crippen LogP contribution is -2.34. The maximum atomic E-state index is 11.1. The van der Waals surface area contributed by atoms with Crippen LogP contribution in [0, 0.1) is 0 Å². The molecule has 0 aliphatic heterocycles. The van der Waals surface area contributed by atoms with Gasteiger partial charge in [-0.25, -0.2) is 9.59 Å². The van der Waals surface area contributed by atoms with Crippen LogP contribution in [0.25, 0.3) is 0 Å². The van der Waals surface area contributed by atoms with E-state index >= 15 is 0 Å². The van der Waals surface area contributed by atoms with Crippen molar-refractivity contribution in [3.63, 3.8) is 0 Å². The number of aliphatic hydroxyl groups is 2. The zero-order chi connectivity index (χ0) is 16.2. The van der Waals surface area contributed by atoms with Crippen LogP contribution in [0.15, 0.2) is 18.2 Å². The fourth-order valence-electron chi connectivity index (χ4n) is 1.70. The van der Waals surface area contributed by atoms with Crippen molar-refractivity contribution in [1.29, 1.82) is 0 Å². The van der Waals surface area contributed by atoms with E-state index in [1.54, 1.807) is 0 Å². The molecule has 1 rings (SSSR count). The van der Waals surface area contributed by atoms with Crippen molar-refractivity contribution >= 4 is 17.8 Å². The largest absolute Gasteiger partial charge is 0.478 e. The van der Waals surface area contributed by atoms with Gasteiger partial charge in [-0.3, -0.25) is 4.79 Å². The minimum absolute atomic E-state index is 0.134. The summed E-state index contributed by atoms with van der Waals surface area (Å²) in [5.74, 6) is -3.16. The Morgan fingerprint density at radius 2 is 1.76 bits per heavy atom. The zero-order valence-corrected chi connectivity index (χ0v) is 11.1. The molecule has 1 aromatic carbocycles. The fourth-order valence-corrected chi connectivity index (χ4v) is 1.70. The van der Waals surface area contributed by atoms with Crippen molar-refractivity contribution in [1.82, 2.24) is 5.32 Å². The number of amides is 1. The summed E-state index contributed by atoms with van der Waals surface area (Å²) >= 11 is 0.